The summed E-state index contributed by atoms with van der Waals surface area (Å²) in [4.78, 5) is 0. The zero-order valence-corrected chi connectivity index (χ0v) is 14.0. The molecule has 1 N–H and O–H groups in total. The Hall–Kier alpha value is -0.970. The second-order valence-corrected chi connectivity index (χ2v) is 6.10. The number of halogens is 4. The van der Waals surface area contributed by atoms with Gasteiger partial charge in [0.1, 0.15) is 11.6 Å². The summed E-state index contributed by atoms with van der Waals surface area (Å²) in [6, 6.07) is 7.46. The highest BCUT2D eigenvalue weighted by Crippen LogP contribution is 2.32. The van der Waals surface area contributed by atoms with Crippen molar-refractivity contribution in [1.29, 1.82) is 0 Å². The van der Waals surface area contributed by atoms with E-state index in [4.69, 9.17) is 11.6 Å². The van der Waals surface area contributed by atoms with E-state index in [2.05, 4.69) is 21.2 Å². The third-order valence-corrected chi connectivity index (χ3v) is 4.09. The van der Waals surface area contributed by atoms with E-state index in [1.54, 1.807) is 13.0 Å². The van der Waals surface area contributed by atoms with Crippen molar-refractivity contribution in [3.05, 3.63) is 68.2 Å². The molecule has 0 bridgehead atoms. The lowest BCUT2D eigenvalue weighted by atomic mass is 9.96. The summed E-state index contributed by atoms with van der Waals surface area (Å²) in [7, 11) is 0. The zero-order chi connectivity index (χ0) is 15.6. The molecule has 2 rings (SSSR count). The van der Waals surface area contributed by atoms with Gasteiger partial charge in [-0.1, -0.05) is 40.5 Å². The average molecular weight is 375 g/mol. The first-order valence-corrected chi connectivity index (χ1v) is 7.75. The van der Waals surface area contributed by atoms with Crippen LogP contribution in [0.1, 0.15) is 29.7 Å². The predicted molar refractivity (Wildman–Crippen MR) is 85.8 cm³/mol. The van der Waals surface area contributed by atoms with Crippen LogP contribution in [-0.2, 0) is 0 Å². The summed E-state index contributed by atoms with van der Waals surface area (Å²) < 4.78 is 28.5. The first-order chi connectivity index (χ1) is 9.93. The number of rotatable bonds is 4. The first kappa shape index (κ1) is 16.4. The lowest BCUT2D eigenvalue weighted by Gasteiger charge is -2.21. The fourth-order valence-corrected chi connectivity index (χ4v) is 3.01. The van der Waals surface area contributed by atoms with Gasteiger partial charge in [-0.25, -0.2) is 8.78 Å². The van der Waals surface area contributed by atoms with Crippen molar-refractivity contribution >= 4 is 27.5 Å². The largest absolute Gasteiger partial charge is 0.306 e. The maximum atomic E-state index is 14.2. The van der Waals surface area contributed by atoms with Gasteiger partial charge in [-0.3, -0.25) is 0 Å². The second-order valence-electron chi connectivity index (χ2n) is 4.78. The molecule has 0 aromatic heterocycles. The molecule has 0 heterocycles. The Labute approximate surface area is 136 Å². The van der Waals surface area contributed by atoms with Gasteiger partial charge in [-0.2, -0.15) is 0 Å². The van der Waals surface area contributed by atoms with Crippen LogP contribution >= 0.6 is 27.5 Å². The van der Waals surface area contributed by atoms with Crippen molar-refractivity contribution in [3.63, 3.8) is 0 Å². The number of aryl methyl sites for hydroxylation is 1. The van der Waals surface area contributed by atoms with Crippen LogP contribution in [0.5, 0.6) is 0 Å². The van der Waals surface area contributed by atoms with Crippen LogP contribution in [0, 0.1) is 18.6 Å². The Morgan fingerprint density at radius 1 is 1.14 bits per heavy atom. The molecule has 5 heteroatoms. The van der Waals surface area contributed by atoms with Crippen molar-refractivity contribution in [2.24, 2.45) is 0 Å². The smallest absolute Gasteiger partial charge is 0.131 e. The second kappa shape index (κ2) is 6.86. The van der Waals surface area contributed by atoms with Gasteiger partial charge in [0, 0.05) is 21.1 Å². The summed E-state index contributed by atoms with van der Waals surface area (Å²) >= 11 is 9.61. The van der Waals surface area contributed by atoms with E-state index < -0.39 is 17.7 Å². The fourth-order valence-electron chi connectivity index (χ4n) is 2.23. The van der Waals surface area contributed by atoms with Crippen LogP contribution in [0.15, 0.2) is 34.8 Å². The topological polar surface area (TPSA) is 12.0 Å². The van der Waals surface area contributed by atoms with E-state index in [1.807, 2.05) is 19.1 Å². The highest BCUT2D eigenvalue weighted by Gasteiger charge is 2.21. The lowest BCUT2D eigenvalue weighted by Crippen LogP contribution is -2.23. The molecule has 0 aliphatic heterocycles. The van der Waals surface area contributed by atoms with Gasteiger partial charge in [0.05, 0.1) is 6.04 Å². The monoisotopic (exact) mass is 373 g/mol. The van der Waals surface area contributed by atoms with E-state index in [1.165, 1.54) is 6.07 Å². The maximum Gasteiger partial charge on any atom is 0.131 e. The van der Waals surface area contributed by atoms with Crippen LogP contribution in [0.25, 0.3) is 0 Å². The minimum absolute atomic E-state index is 0.389. The molecule has 2 aromatic carbocycles. The van der Waals surface area contributed by atoms with Gasteiger partial charge in [0.15, 0.2) is 0 Å². The molecule has 1 unspecified atom stereocenters. The van der Waals surface area contributed by atoms with Gasteiger partial charge in [-0.05, 0) is 42.8 Å². The zero-order valence-electron chi connectivity index (χ0n) is 11.7. The van der Waals surface area contributed by atoms with Crippen molar-refractivity contribution in [2.45, 2.75) is 19.9 Å². The molecule has 0 spiro atoms. The third-order valence-electron chi connectivity index (χ3n) is 3.27. The summed E-state index contributed by atoms with van der Waals surface area (Å²) in [6.45, 7) is 4.17. The summed E-state index contributed by atoms with van der Waals surface area (Å²) in [5.41, 5.74) is 1.55. The maximum absolute atomic E-state index is 14.2. The summed E-state index contributed by atoms with van der Waals surface area (Å²) in [5.74, 6) is -1.13. The number of hydrogen-bond acceptors (Lipinski definition) is 1. The van der Waals surface area contributed by atoms with Crippen molar-refractivity contribution < 1.29 is 8.78 Å². The summed E-state index contributed by atoms with van der Waals surface area (Å²) in [6.07, 6.45) is 0. The number of nitrogens with one attached hydrogen (secondary N) is 1. The normalized spacial score (nSPS) is 12.5. The molecular weight excluding hydrogens is 360 g/mol. The third kappa shape index (κ3) is 3.62. The van der Waals surface area contributed by atoms with E-state index in [9.17, 15) is 8.78 Å². The molecule has 0 aliphatic rings. The molecule has 1 nitrogen and oxygen atoms in total. The van der Waals surface area contributed by atoms with Crippen LogP contribution in [-0.4, -0.2) is 6.54 Å². The molecule has 1 atom stereocenters. The van der Waals surface area contributed by atoms with Crippen LogP contribution in [0.4, 0.5) is 8.78 Å². The summed E-state index contributed by atoms with van der Waals surface area (Å²) in [5, 5.41) is 3.73. The van der Waals surface area contributed by atoms with Gasteiger partial charge in [0.2, 0.25) is 0 Å². The van der Waals surface area contributed by atoms with E-state index >= 15 is 0 Å². The van der Waals surface area contributed by atoms with E-state index in [0.717, 1.165) is 16.1 Å². The highest BCUT2D eigenvalue weighted by atomic mass is 79.9. The quantitative estimate of drug-likeness (QED) is 0.757. The average Bonchev–Trinajstić information content (AvgIpc) is 2.41. The molecule has 0 fully saturated rings. The Balaban J connectivity index is 2.55. The van der Waals surface area contributed by atoms with Gasteiger partial charge >= 0.3 is 0 Å². The Morgan fingerprint density at radius 2 is 1.86 bits per heavy atom. The number of hydrogen-bond donors (Lipinski definition) is 1. The van der Waals surface area contributed by atoms with E-state index in [-0.39, 0.29) is 0 Å². The Bertz CT molecular complexity index is 661. The lowest BCUT2D eigenvalue weighted by molar-refractivity contribution is 0.537. The fraction of sp³-hybridized carbons (Fsp3) is 0.250. The predicted octanol–water partition coefficient (Wildman–Crippen LogP) is 5.39. The van der Waals surface area contributed by atoms with Gasteiger partial charge < -0.3 is 5.32 Å². The highest BCUT2D eigenvalue weighted by molar-refractivity contribution is 9.10. The molecule has 0 aliphatic carbocycles. The minimum atomic E-state index is -0.581. The van der Waals surface area contributed by atoms with Gasteiger partial charge in [-0.15, -0.1) is 0 Å². The molecule has 21 heavy (non-hydrogen) atoms. The van der Waals surface area contributed by atoms with Crippen LogP contribution in [0.2, 0.25) is 5.02 Å². The van der Waals surface area contributed by atoms with E-state index in [0.29, 0.717) is 22.7 Å². The van der Waals surface area contributed by atoms with Crippen LogP contribution in [0.3, 0.4) is 0 Å². The number of benzene rings is 2. The molecule has 0 saturated heterocycles. The molecule has 0 amide bonds. The molecule has 0 saturated carbocycles. The molecule has 112 valence electrons. The Kier molecular flexibility index (Phi) is 5.36. The Morgan fingerprint density at radius 3 is 2.48 bits per heavy atom. The van der Waals surface area contributed by atoms with Crippen LogP contribution < -0.4 is 5.32 Å². The van der Waals surface area contributed by atoms with Crippen molar-refractivity contribution in [2.75, 3.05) is 6.54 Å². The molecular formula is C16H15BrClF2N. The first-order valence-electron chi connectivity index (χ1n) is 6.58. The minimum Gasteiger partial charge on any atom is -0.306 e. The van der Waals surface area contributed by atoms with Crippen molar-refractivity contribution in [1.82, 2.24) is 5.32 Å². The standard InChI is InChI=1S/C16H15BrClF2N/c1-3-21-16(11-5-4-10(17)7-13(11)18)12-6-9(2)14(19)8-15(12)20/h4-8,16,21H,3H2,1-2H3. The molecule has 2 aromatic rings. The van der Waals surface area contributed by atoms with Gasteiger partial charge in [0.25, 0.3) is 0 Å². The van der Waals surface area contributed by atoms with Crippen molar-refractivity contribution in [3.8, 4) is 0 Å². The molecule has 0 radical (unpaired) electrons. The SMILES string of the molecule is CCNC(c1cc(C)c(F)cc1F)c1ccc(Br)cc1Cl.